The molecule has 164 valence electrons. The number of nitrogens with one attached hydrogen (secondary N) is 2. The van der Waals surface area contributed by atoms with Crippen LogP contribution in [0.3, 0.4) is 0 Å². The van der Waals surface area contributed by atoms with Crippen LogP contribution in [0.4, 0.5) is 13.2 Å². The Morgan fingerprint density at radius 1 is 1.10 bits per heavy atom. The lowest BCUT2D eigenvalue weighted by Crippen LogP contribution is -2.55. The maximum absolute atomic E-state index is 12.8. The molecule has 0 aliphatic heterocycles. The fourth-order valence-electron chi connectivity index (χ4n) is 2.63. The summed E-state index contributed by atoms with van der Waals surface area (Å²) in [6.07, 6.45) is -3.82. The lowest BCUT2D eigenvalue weighted by molar-refractivity contribution is -0.160. The summed E-state index contributed by atoms with van der Waals surface area (Å²) < 4.78 is 43.5. The molecular formula is C21H31F3N2O3. The number of ether oxygens (including phenoxy) is 1. The first-order valence-electron chi connectivity index (χ1n) is 9.69. The normalized spacial score (nSPS) is 15.3. The van der Waals surface area contributed by atoms with Crippen LogP contribution in [-0.2, 0) is 20.7 Å². The molecule has 0 saturated heterocycles. The van der Waals surface area contributed by atoms with Crippen LogP contribution in [0.25, 0.3) is 0 Å². The van der Waals surface area contributed by atoms with E-state index in [1.165, 1.54) is 0 Å². The molecule has 1 amide bonds. The van der Waals surface area contributed by atoms with Gasteiger partial charge in [-0.1, -0.05) is 50.6 Å². The minimum absolute atomic E-state index is 0.0598. The molecule has 0 aliphatic rings. The van der Waals surface area contributed by atoms with Crippen molar-refractivity contribution in [2.24, 2.45) is 5.92 Å². The molecule has 1 aromatic rings. The third-order valence-electron chi connectivity index (χ3n) is 4.32. The van der Waals surface area contributed by atoms with Crippen LogP contribution in [0.15, 0.2) is 30.3 Å². The van der Waals surface area contributed by atoms with Crippen molar-refractivity contribution < 1.29 is 27.5 Å². The van der Waals surface area contributed by atoms with Gasteiger partial charge < -0.3 is 10.1 Å². The highest BCUT2D eigenvalue weighted by atomic mass is 19.4. The fraction of sp³-hybridized carbons (Fsp3) is 0.619. The molecule has 0 aromatic heterocycles. The molecule has 2 unspecified atom stereocenters. The van der Waals surface area contributed by atoms with Gasteiger partial charge >= 0.3 is 12.1 Å². The molecule has 0 radical (unpaired) electrons. The summed E-state index contributed by atoms with van der Waals surface area (Å²) >= 11 is 0. The topological polar surface area (TPSA) is 67.4 Å². The Morgan fingerprint density at radius 2 is 1.69 bits per heavy atom. The largest absolute Gasteiger partial charge is 0.458 e. The summed E-state index contributed by atoms with van der Waals surface area (Å²) in [5.41, 5.74) is -0.0365. The number of halogens is 3. The van der Waals surface area contributed by atoms with Crippen molar-refractivity contribution in [3.8, 4) is 0 Å². The second-order valence-corrected chi connectivity index (χ2v) is 8.14. The first kappa shape index (κ1) is 24.9. The summed E-state index contributed by atoms with van der Waals surface area (Å²) in [6, 6.07) is 6.65. The highest BCUT2D eigenvalue weighted by Crippen LogP contribution is 2.16. The van der Waals surface area contributed by atoms with Gasteiger partial charge in [-0.3, -0.25) is 10.1 Å². The van der Waals surface area contributed by atoms with Gasteiger partial charge in [0.1, 0.15) is 11.6 Å². The molecule has 0 spiro atoms. The van der Waals surface area contributed by atoms with E-state index in [1.807, 2.05) is 6.92 Å². The second-order valence-electron chi connectivity index (χ2n) is 8.14. The van der Waals surface area contributed by atoms with Crippen molar-refractivity contribution in [2.75, 3.05) is 6.54 Å². The standard InChI is InChI=1S/C21H31F3N2O3/c1-6-14(2)17(19(28)29-20(3,4)5)26-18(27)16(25-13-21(22,23)24)12-15-10-8-7-9-11-15/h7-11,14,16-17,25H,6,12-13H2,1-5H3,(H,26,27)/t14?,16-,17?/m0/s1. The second kappa shape index (κ2) is 10.6. The Balaban J connectivity index is 2.99. The van der Waals surface area contributed by atoms with E-state index in [4.69, 9.17) is 4.74 Å². The van der Waals surface area contributed by atoms with Gasteiger partial charge in [-0.25, -0.2) is 4.79 Å². The third-order valence-corrected chi connectivity index (χ3v) is 4.32. The number of carbonyl (C=O) groups is 2. The summed E-state index contributed by atoms with van der Waals surface area (Å²) in [4.78, 5) is 25.4. The quantitative estimate of drug-likeness (QED) is 0.604. The van der Waals surface area contributed by atoms with Gasteiger partial charge in [-0.05, 0) is 38.7 Å². The van der Waals surface area contributed by atoms with Gasteiger partial charge in [0.25, 0.3) is 0 Å². The zero-order chi connectivity index (χ0) is 22.2. The van der Waals surface area contributed by atoms with Crippen molar-refractivity contribution in [1.82, 2.24) is 10.6 Å². The highest BCUT2D eigenvalue weighted by molar-refractivity contribution is 5.88. The van der Waals surface area contributed by atoms with E-state index < -0.39 is 42.3 Å². The van der Waals surface area contributed by atoms with E-state index in [0.717, 1.165) is 0 Å². The lowest BCUT2D eigenvalue weighted by atomic mass is 9.97. The third kappa shape index (κ3) is 9.78. The number of esters is 1. The van der Waals surface area contributed by atoms with Crippen LogP contribution in [0, 0.1) is 5.92 Å². The Labute approximate surface area is 170 Å². The van der Waals surface area contributed by atoms with Crippen LogP contribution < -0.4 is 10.6 Å². The molecule has 29 heavy (non-hydrogen) atoms. The average molecular weight is 416 g/mol. The van der Waals surface area contributed by atoms with Gasteiger partial charge in [-0.2, -0.15) is 13.2 Å². The average Bonchev–Trinajstić information content (AvgIpc) is 2.60. The van der Waals surface area contributed by atoms with Crippen LogP contribution in [0.1, 0.15) is 46.6 Å². The molecule has 0 fully saturated rings. The maximum atomic E-state index is 12.8. The molecule has 8 heteroatoms. The number of benzene rings is 1. The van der Waals surface area contributed by atoms with Gasteiger partial charge in [0.15, 0.2) is 0 Å². The summed E-state index contributed by atoms with van der Waals surface area (Å²) in [7, 11) is 0. The van der Waals surface area contributed by atoms with Crippen LogP contribution in [-0.4, -0.2) is 42.3 Å². The lowest BCUT2D eigenvalue weighted by Gasteiger charge is -2.29. The van der Waals surface area contributed by atoms with E-state index in [2.05, 4.69) is 10.6 Å². The fourth-order valence-corrected chi connectivity index (χ4v) is 2.63. The minimum atomic E-state index is -4.46. The van der Waals surface area contributed by atoms with Crippen molar-refractivity contribution in [3.05, 3.63) is 35.9 Å². The Morgan fingerprint density at radius 3 is 2.17 bits per heavy atom. The van der Waals surface area contributed by atoms with E-state index in [9.17, 15) is 22.8 Å². The SMILES string of the molecule is CCC(C)C(NC(=O)[C@H](Cc1ccccc1)NCC(F)(F)F)C(=O)OC(C)(C)C. The smallest absolute Gasteiger partial charge is 0.401 e. The van der Waals surface area contributed by atoms with Crippen molar-refractivity contribution in [3.63, 3.8) is 0 Å². The summed E-state index contributed by atoms with van der Waals surface area (Å²) in [5.74, 6) is -1.52. The van der Waals surface area contributed by atoms with E-state index >= 15 is 0 Å². The molecule has 0 bridgehead atoms. The number of amides is 1. The monoisotopic (exact) mass is 416 g/mol. The molecule has 1 rings (SSSR count). The molecule has 1 aromatic carbocycles. The van der Waals surface area contributed by atoms with E-state index in [1.54, 1.807) is 58.0 Å². The number of hydrogen-bond donors (Lipinski definition) is 2. The van der Waals surface area contributed by atoms with Gasteiger partial charge in [0, 0.05) is 0 Å². The predicted molar refractivity (Wildman–Crippen MR) is 105 cm³/mol. The molecule has 0 saturated carbocycles. The molecule has 0 aliphatic carbocycles. The Bertz CT molecular complexity index is 657. The van der Waals surface area contributed by atoms with E-state index in [0.29, 0.717) is 12.0 Å². The first-order valence-corrected chi connectivity index (χ1v) is 9.69. The summed E-state index contributed by atoms with van der Waals surface area (Å²) in [5, 5.41) is 4.87. The number of rotatable bonds is 9. The molecular weight excluding hydrogens is 385 g/mol. The Kier molecular flexibility index (Phi) is 9.14. The van der Waals surface area contributed by atoms with Crippen molar-refractivity contribution >= 4 is 11.9 Å². The maximum Gasteiger partial charge on any atom is 0.401 e. The molecule has 2 N–H and O–H groups in total. The van der Waals surface area contributed by atoms with Crippen molar-refractivity contribution in [1.29, 1.82) is 0 Å². The van der Waals surface area contributed by atoms with Crippen LogP contribution in [0.5, 0.6) is 0 Å². The zero-order valence-corrected chi connectivity index (χ0v) is 17.6. The first-order chi connectivity index (χ1) is 13.3. The van der Waals surface area contributed by atoms with Gasteiger partial charge in [0.05, 0.1) is 12.6 Å². The summed E-state index contributed by atoms with van der Waals surface area (Å²) in [6.45, 7) is 7.47. The Hall–Kier alpha value is -2.09. The van der Waals surface area contributed by atoms with Crippen LogP contribution in [0.2, 0.25) is 0 Å². The highest BCUT2D eigenvalue weighted by Gasteiger charge is 2.34. The minimum Gasteiger partial charge on any atom is -0.458 e. The van der Waals surface area contributed by atoms with E-state index in [-0.39, 0.29) is 12.3 Å². The number of carbonyl (C=O) groups excluding carboxylic acids is 2. The predicted octanol–water partition coefficient (Wildman–Crippen LogP) is 3.62. The molecule has 0 heterocycles. The molecule has 5 nitrogen and oxygen atoms in total. The van der Waals surface area contributed by atoms with Gasteiger partial charge in [0.2, 0.25) is 5.91 Å². The molecule has 3 atom stereocenters. The number of alkyl halides is 3. The van der Waals surface area contributed by atoms with Gasteiger partial charge in [-0.15, -0.1) is 0 Å². The van der Waals surface area contributed by atoms with Crippen LogP contribution >= 0.6 is 0 Å². The van der Waals surface area contributed by atoms with Crippen molar-refractivity contribution in [2.45, 2.75) is 71.3 Å². The zero-order valence-electron chi connectivity index (χ0n) is 17.6. The number of hydrogen-bond acceptors (Lipinski definition) is 4.